The van der Waals surface area contributed by atoms with E-state index in [1.807, 2.05) is 17.8 Å². The highest BCUT2D eigenvalue weighted by atomic mass is 16.3. The Morgan fingerprint density at radius 1 is 1.48 bits per heavy atom. The molecule has 23 heavy (non-hydrogen) atoms. The number of imidazole rings is 1. The largest absolute Gasteiger partial charge is 0.388 e. The van der Waals surface area contributed by atoms with Crippen LogP contribution in [0.3, 0.4) is 0 Å². The molecule has 0 aliphatic carbocycles. The summed E-state index contributed by atoms with van der Waals surface area (Å²) >= 11 is 0. The van der Waals surface area contributed by atoms with E-state index in [1.54, 1.807) is 13.3 Å². The van der Waals surface area contributed by atoms with Gasteiger partial charge in [-0.1, -0.05) is 0 Å². The van der Waals surface area contributed by atoms with E-state index in [4.69, 9.17) is 0 Å². The van der Waals surface area contributed by atoms with E-state index in [0.29, 0.717) is 19.5 Å². The highest BCUT2D eigenvalue weighted by Gasteiger charge is 2.39. The number of H-pyrrole nitrogens is 1. The van der Waals surface area contributed by atoms with Crippen LogP contribution in [0.25, 0.3) is 0 Å². The molecule has 0 radical (unpaired) electrons. The first-order valence-electron chi connectivity index (χ1n) is 7.58. The van der Waals surface area contributed by atoms with E-state index >= 15 is 0 Å². The number of piperidine rings is 1. The Morgan fingerprint density at radius 3 is 2.91 bits per heavy atom. The van der Waals surface area contributed by atoms with Gasteiger partial charge in [-0.2, -0.15) is 0 Å². The Labute approximate surface area is 133 Å². The topological polar surface area (TPSA) is 96.2 Å². The minimum atomic E-state index is -1.01. The molecule has 1 aliphatic rings. The molecule has 0 aromatic carbocycles. The van der Waals surface area contributed by atoms with Crippen LogP contribution in [0.2, 0.25) is 0 Å². The number of hydrogen-bond acceptors (Lipinski definition) is 5. The van der Waals surface area contributed by atoms with Gasteiger partial charge in [-0.05, 0) is 13.3 Å². The maximum Gasteiger partial charge on any atom is 0.328 e. The van der Waals surface area contributed by atoms with Crippen molar-refractivity contribution in [3.63, 3.8) is 0 Å². The van der Waals surface area contributed by atoms with E-state index in [9.17, 15) is 14.7 Å². The highest BCUT2D eigenvalue weighted by Crippen LogP contribution is 2.31. The average Bonchev–Trinajstić information content (AvgIpc) is 2.87. The minimum Gasteiger partial charge on any atom is -0.388 e. The second-order valence-corrected chi connectivity index (χ2v) is 6.41. The van der Waals surface area contributed by atoms with Crippen LogP contribution < -0.4 is 11.2 Å². The standard InChI is InChI=1S/C15H21N5O3/c1-15(23)4-6-19(8-11-7-18(2)10-16-11)9-12(15)20-5-3-13(21)17-14(20)22/h3,5,7,10,12,23H,4,6,8-9H2,1-2H3,(H,17,21,22)/t12-,15-/m1/s1. The molecule has 0 amide bonds. The number of aryl methyl sites for hydroxylation is 1. The van der Waals surface area contributed by atoms with Gasteiger partial charge in [0, 0.05) is 45.1 Å². The third kappa shape index (κ3) is 3.27. The van der Waals surface area contributed by atoms with Crippen molar-refractivity contribution in [2.75, 3.05) is 13.1 Å². The number of nitrogens with zero attached hydrogens (tertiary/aromatic N) is 4. The lowest BCUT2D eigenvalue weighted by Gasteiger charge is -2.43. The molecule has 2 atom stereocenters. The number of nitrogens with one attached hydrogen (secondary N) is 1. The summed E-state index contributed by atoms with van der Waals surface area (Å²) in [6.45, 7) is 3.62. The van der Waals surface area contributed by atoms with Crippen LogP contribution in [0.5, 0.6) is 0 Å². The van der Waals surface area contributed by atoms with Crippen LogP contribution in [0.4, 0.5) is 0 Å². The molecule has 0 saturated carbocycles. The van der Waals surface area contributed by atoms with Crippen LogP contribution in [0.1, 0.15) is 25.1 Å². The molecule has 124 valence electrons. The molecule has 1 fully saturated rings. The molecule has 2 N–H and O–H groups in total. The summed E-state index contributed by atoms with van der Waals surface area (Å²) in [5.74, 6) is 0. The molecular formula is C15H21N5O3. The molecule has 8 nitrogen and oxygen atoms in total. The van der Waals surface area contributed by atoms with Crippen molar-refractivity contribution in [2.45, 2.75) is 31.5 Å². The van der Waals surface area contributed by atoms with Gasteiger partial charge in [0.25, 0.3) is 5.56 Å². The number of hydrogen-bond donors (Lipinski definition) is 2. The quantitative estimate of drug-likeness (QED) is 0.793. The molecule has 1 aliphatic heterocycles. The van der Waals surface area contributed by atoms with Gasteiger partial charge in [0.1, 0.15) is 0 Å². The zero-order chi connectivity index (χ0) is 16.6. The van der Waals surface area contributed by atoms with E-state index in [0.717, 1.165) is 12.2 Å². The van der Waals surface area contributed by atoms with Gasteiger partial charge >= 0.3 is 5.69 Å². The molecule has 0 spiro atoms. The maximum atomic E-state index is 12.1. The summed E-state index contributed by atoms with van der Waals surface area (Å²) in [4.78, 5) is 32.0. The Morgan fingerprint density at radius 2 is 2.26 bits per heavy atom. The van der Waals surface area contributed by atoms with Crippen LogP contribution in [0, 0.1) is 0 Å². The van der Waals surface area contributed by atoms with Gasteiger partial charge in [-0.3, -0.25) is 19.2 Å². The van der Waals surface area contributed by atoms with Crippen molar-refractivity contribution in [3.05, 3.63) is 51.3 Å². The number of aromatic nitrogens is 4. The zero-order valence-corrected chi connectivity index (χ0v) is 13.3. The average molecular weight is 319 g/mol. The van der Waals surface area contributed by atoms with Crippen molar-refractivity contribution in [1.82, 2.24) is 24.0 Å². The molecule has 2 aromatic heterocycles. The lowest BCUT2D eigenvalue weighted by atomic mass is 9.88. The van der Waals surface area contributed by atoms with Crippen LogP contribution in [0.15, 0.2) is 34.4 Å². The lowest BCUT2D eigenvalue weighted by Crippen LogP contribution is -2.53. The normalized spacial score (nSPS) is 25.6. The van der Waals surface area contributed by atoms with Crippen LogP contribution in [-0.4, -0.2) is 47.8 Å². The Hall–Kier alpha value is -2.19. The van der Waals surface area contributed by atoms with Gasteiger partial charge in [0.15, 0.2) is 0 Å². The predicted molar refractivity (Wildman–Crippen MR) is 84.1 cm³/mol. The predicted octanol–water partition coefficient (Wildman–Crippen LogP) is -0.532. The molecule has 2 aromatic rings. The Bertz CT molecular complexity index is 804. The molecule has 0 bridgehead atoms. The van der Waals surface area contributed by atoms with Crippen molar-refractivity contribution in [1.29, 1.82) is 0 Å². The van der Waals surface area contributed by atoms with E-state index < -0.39 is 22.9 Å². The minimum absolute atomic E-state index is 0.427. The monoisotopic (exact) mass is 319 g/mol. The fourth-order valence-corrected chi connectivity index (χ4v) is 3.07. The second kappa shape index (κ2) is 5.78. The van der Waals surface area contributed by atoms with E-state index in [1.165, 1.54) is 16.8 Å². The summed E-state index contributed by atoms with van der Waals surface area (Å²) in [7, 11) is 1.92. The number of likely N-dealkylation sites (tertiary alicyclic amines) is 1. The SMILES string of the molecule is Cn1cnc(CN2CC[C@@](C)(O)[C@H](n3ccc(=O)[nH]c3=O)C2)c1. The third-order valence-electron chi connectivity index (χ3n) is 4.41. The summed E-state index contributed by atoms with van der Waals surface area (Å²) in [6.07, 6.45) is 5.69. The fourth-order valence-electron chi connectivity index (χ4n) is 3.07. The Kier molecular flexibility index (Phi) is 3.95. The number of aliphatic hydroxyl groups is 1. The Balaban J connectivity index is 1.84. The van der Waals surface area contributed by atoms with Crippen LogP contribution in [-0.2, 0) is 13.6 Å². The maximum absolute atomic E-state index is 12.1. The lowest BCUT2D eigenvalue weighted by molar-refractivity contribution is -0.0544. The summed E-state index contributed by atoms with van der Waals surface area (Å²) in [5, 5.41) is 10.7. The zero-order valence-electron chi connectivity index (χ0n) is 13.3. The van der Waals surface area contributed by atoms with Gasteiger partial charge in [0.2, 0.25) is 0 Å². The first kappa shape index (κ1) is 15.7. The fraction of sp³-hybridized carbons (Fsp3) is 0.533. The number of aromatic amines is 1. The second-order valence-electron chi connectivity index (χ2n) is 6.41. The van der Waals surface area contributed by atoms with Crippen molar-refractivity contribution in [3.8, 4) is 0 Å². The van der Waals surface area contributed by atoms with E-state index in [-0.39, 0.29) is 0 Å². The molecule has 3 heterocycles. The van der Waals surface area contributed by atoms with E-state index in [2.05, 4.69) is 14.9 Å². The first-order chi connectivity index (χ1) is 10.8. The molecule has 3 rings (SSSR count). The first-order valence-corrected chi connectivity index (χ1v) is 7.58. The smallest absolute Gasteiger partial charge is 0.328 e. The van der Waals surface area contributed by atoms with Crippen molar-refractivity contribution < 1.29 is 5.11 Å². The highest BCUT2D eigenvalue weighted by molar-refractivity contribution is 5.01. The van der Waals surface area contributed by atoms with Gasteiger partial charge in [0.05, 0.1) is 23.7 Å². The van der Waals surface area contributed by atoms with Gasteiger partial charge in [-0.15, -0.1) is 0 Å². The molecule has 1 saturated heterocycles. The molecular weight excluding hydrogens is 298 g/mol. The summed E-state index contributed by atoms with van der Waals surface area (Å²) in [5.41, 5.74) is -1.00. The van der Waals surface area contributed by atoms with Crippen molar-refractivity contribution in [2.24, 2.45) is 7.05 Å². The number of rotatable bonds is 3. The van der Waals surface area contributed by atoms with Crippen LogP contribution >= 0.6 is 0 Å². The van der Waals surface area contributed by atoms with Crippen molar-refractivity contribution >= 4 is 0 Å². The molecule has 0 unspecified atom stereocenters. The van der Waals surface area contributed by atoms with Gasteiger partial charge < -0.3 is 9.67 Å². The molecule has 8 heteroatoms. The third-order valence-corrected chi connectivity index (χ3v) is 4.41. The summed E-state index contributed by atoms with van der Waals surface area (Å²) in [6, 6.07) is 0.874. The van der Waals surface area contributed by atoms with Gasteiger partial charge in [-0.25, -0.2) is 9.78 Å². The summed E-state index contributed by atoms with van der Waals surface area (Å²) < 4.78 is 3.30.